The van der Waals surface area contributed by atoms with Gasteiger partial charge in [0.2, 0.25) is 0 Å². The second kappa shape index (κ2) is 9.82. The van der Waals surface area contributed by atoms with Crippen LogP contribution < -0.4 is 5.32 Å². The van der Waals surface area contributed by atoms with Crippen LogP contribution >= 0.6 is 0 Å². The molecule has 0 saturated heterocycles. The van der Waals surface area contributed by atoms with Crippen LogP contribution in [0.15, 0.2) is 48.5 Å². The molecular formula is C26H25N3O5. The predicted molar refractivity (Wildman–Crippen MR) is 129 cm³/mol. The van der Waals surface area contributed by atoms with Crippen LogP contribution in [0.1, 0.15) is 53.9 Å². The summed E-state index contributed by atoms with van der Waals surface area (Å²) in [6, 6.07) is 13.7. The Bertz CT molecular complexity index is 1300. The van der Waals surface area contributed by atoms with E-state index >= 15 is 0 Å². The first-order valence-electron chi connectivity index (χ1n) is 11.2. The van der Waals surface area contributed by atoms with Crippen LogP contribution in [0.4, 0.5) is 5.69 Å². The lowest BCUT2D eigenvalue weighted by Gasteiger charge is -2.22. The molecule has 2 aromatic carbocycles. The lowest BCUT2D eigenvalue weighted by molar-refractivity contribution is -0.384. The number of para-hydroxylation sites is 1. The standard InChI is InChI=1S/C26H25N3O5/c1-16(2)27-23(30)15-34-26(31)24-20-7-3-4-9-22(20)28-25-18(6-5-8-21(24)25)14-17-10-12-19(13-11-17)29(32)33/h3-4,7,9-14,16H,5-6,8,15H2,1-2H3,(H,27,30). The van der Waals surface area contributed by atoms with Gasteiger partial charge in [0.1, 0.15) is 0 Å². The number of pyridine rings is 1. The molecule has 0 bridgehead atoms. The number of benzene rings is 2. The van der Waals surface area contributed by atoms with Crippen LogP contribution in [0.3, 0.4) is 0 Å². The summed E-state index contributed by atoms with van der Waals surface area (Å²) in [5.74, 6) is -0.903. The number of aromatic nitrogens is 1. The fraction of sp³-hybridized carbons (Fsp3) is 0.269. The van der Waals surface area contributed by atoms with Crippen LogP contribution in [0.5, 0.6) is 0 Å². The van der Waals surface area contributed by atoms with Crippen LogP contribution in [0, 0.1) is 10.1 Å². The van der Waals surface area contributed by atoms with Gasteiger partial charge in [-0.15, -0.1) is 0 Å². The van der Waals surface area contributed by atoms with Crippen LogP contribution in [-0.4, -0.2) is 34.4 Å². The molecule has 0 atom stereocenters. The minimum absolute atomic E-state index is 0.0295. The number of rotatable bonds is 6. The van der Waals surface area contributed by atoms with E-state index in [4.69, 9.17) is 9.72 Å². The number of amides is 1. The largest absolute Gasteiger partial charge is 0.452 e. The van der Waals surface area contributed by atoms with Crippen molar-refractivity contribution in [1.82, 2.24) is 10.3 Å². The summed E-state index contributed by atoms with van der Waals surface area (Å²) in [7, 11) is 0. The maximum Gasteiger partial charge on any atom is 0.339 e. The molecule has 1 heterocycles. The zero-order valence-corrected chi connectivity index (χ0v) is 19.0. The van der Waals surface area contributed by atoms with Gasteiger partial charge in [-0.25, -0.2) is 9.78 Å². The Morgan fingerprint density at radius 3 is 2.59 bits per heavy atom. The minimum atomic E-state index is -0.551. The molecule has 1 aliphatic carbocycles. The highest BCUT2D eigenvalue weighted by atomic mass is 16.6. The Morgan fingerprint density at radius 2 is 1.88 bits per heavy atom. The highest BCUT2D eigenvalue weighted by Crippen LogP contribution is 2.36. The minimum Gasteiger partial charge on any atom is -0.452 e. The molecule has 1 aromatic heterocycles. The second-order valence-corrected chi connectivity index (χ2v) is 8.50. The van der Waals surface area contributed by atoms with Gasteiger partial charge in [0.25, 0.3) is 11.6 Å². The first-order valence-corrected chi connectivity index (χ1v) is 11.2. The van der Waals surface area contributed by atoms with Gasteiger partial charge < -0.3 is 10.1 Å². The first-order chi connectivity index (χ1) is 16.3. The number of nitrogens with zero attached hydrogens (tertiary/aromatic N) is 2. The number of nitro groups is 1. The third kappa shape index (κ3) is 4.96. The van der Waals surface area contributed by atoms with Crippen LogP contribution in [-0.2, 0) is 16.0 Å². The van der Waals surface area contributed by atoms with Crippen molar-refractivity contribution in [3.8, 4) is 0 Å². The highest BCUT2D eigenvalue weighted by molar-refractivity contribution is 6.07. The molecule has 0 radical (unpaired) electrons. The van der Waals surface area contributed by atoms with Crippen LogP contribution in [0.25, 0.3) is 22.6 Å². The smallest absolute Gasteiger partial charge is 0.339 e. The van der Waals surface area contributed by atoms with Crippen molar-refractivity contribution >= 4 is 40.1 Å². The molecule has 8 heteroatoms. The number of fused-ring (bicyclic) bond motifs is 2. The average molecular weight is 460 g/mol. The van der Waals surface area contributed by atoms with E-state index in [0.717, 1.165) is 35.2 Å². The summed E-state index contributed by atoms with van der Waals surface area (Å²) in [6.45, 7) is 3.32. The van der Waals surface area contributed by atoms with Crippen molar-refractivity contribution in [3.05, 3.63) is 81.0 Å². The van der Waals surface area contributed by atoms with Crippen molar-refractivity contribution in [3.63, 3.8) is 0 Å². The number of allylic oxidation sites excluding steroid dienone is 1. The molecule has 8 nitrogen and oxygen atoms in total. The predicted octanol–water partition coefficient (Wildman–Crippen LogP) is 4.70. The number of nitrogens with one attached hydrogen (secondary N) is 1. The third-order valence-corrected chi connectivity index (χ3v) is 5.60. The lowest BCUT2D eigenvalue weighted by atomic mass is 9.86. The molecule has 4 rings (SSSR count). The Balaban J connectivity index is 1.74. The van der Waals surface area contributed by atoms with Gasteiger partial charge in [0.15, 0.2) is 6.61 Å². The van der Waals surface area contributed by atoms with Gasteiger partial charge in [-0.3, -0.25) is 14.9 Å². The summed E-state index contributed by atoms with van der Waals surface area (Å²) in [4.78, 5) is 40.6. The van der Waals surface area contributed by atoms with E-state index in [9.17, 15) is 19.7 Å². The van der Waals surface area contributed by atoms with Gasteiger partial charge in [0, 0.05) is 23.6 Å². The Kier molecular flexibility index (Phi) is 6.67. The topological polar surface area (TPSA) is 111 Å². The Morgan fingerprint density at radius 1 is 1.15 bits per heavy atom. The van der Waals surface area contributed by atoms with Crippen molar-refractivity contribution in [2.24, 2.45) is 0 Å². The Labute approximate surface area is 196 Å². The number of carbonyl (C=O) groups is 2. The highest BCUT2D eigenvalue weighted by Gasteiger charge is 2.26. The monoisotopic (exact) mass is 459 g/mol. The van der Waals surface area contributed by atoms with E-state index in [1.54, 1.807) is 12.1 Å². The SMILES string of the molecule is CC(C)NC(=O)COC(=O)c1c2c(nc3ccccc13)C(=Cc1ccc([N+](=O)[O-])cc1)CCC2. The second-order valence-electron chi connectivity index (χ2n) is 8.50. The maximum absolute atomic E-state index is 13.2. The van der Waals surface area contributed by atoms with Gasteiger partial charge in [-0.2, -0.15) is 0 Å². The van der Waals surface area contributed by atoms with E-state index in [1.807, 2.05) is 44.2 Å². The summed E-state index contributed by atoms with van der Waals surface area (Å²) in [5, 5.41) is 14.4. The zero-order chi connectivity index (χ0) is 24.2. The summed E-state index contributed by atoms with van der Waals surface area (Å²) in [5.41, 5.74) is 4.42. The number of hydrogen-bond acceptors (Lipinski definition) is 6. The van der Waals surface area contributed by atoms with E-state index in [-0.39, 0.29) is 24.2 Å². The van der Waals surface area contributed by atoms with Gasteiger partial charge in [-0.05, 0) is 74.1 Å². The lowest BCUT2D eigenvalue weighted by Crippen LogP contribution is -2.34. The molecule has 34 heavy (non-hydrogen) atoms. The number of esters is 1. The fourth-order valence-corrected chi connectivity index (χ4v) is 4.17. The van der Waals surface area contributed by atoms with Crippen LogP contribution in [0.2, 0.25) is 0 Å². The molecule has 0 saturated carbocycles. The molecule has 0 aliphatic heterocycles. The third-order valence-electron chi connectivity index (χ3n) is 5.60. The van der Waals surface area contributed by atoms with Crippen molar-refractivity contribution in [2.75, 3.05) is 6.61 Å². The molecule has 1 N–H and O–H groups in total. The fourth-order valence-electron chi connectivity index (χ4n) is 4.17. The Hall–Kier alpha value is -4.07. The zero-order valence-electron chi connectivity index (χ0n) is 19.0. The van der Waals surface area contributed by atoms with Gasteiger partial charge in [-0.1, -0.05) is 18.2 Å². The van der Waals surface area contributed by atoms with E-state index in [0.29, 0.717) is 22.9 Å². The van der Waals surface area contributed by atoms with Crippen molar-refractivity contribution in [2.45, 2.75) is 39.2 Å². The molecule has 3 aromatic rings. The van der Waals surface area contributed by atoms with Crippen molar-refractivity contribution in [1.29, 1.82) is 0 Å². The maximum atomic E-state index is 13.2. The van der Waals surface area contributed by atoms with E-state index in [1.165, 1.54) is 12.1 Å². The molecule has 0 fully saturated rings. The number of nitro benzene ring substituents is 1. The number of hydrogen-bond donors (Lipinski definition) is 1. The van der Waals surface area contributed by atoms with Gasteiger partial charge >= 0.3 is 5.97 Å². The average Bonchev–Trinajstić information content (AvgIpc) is 2.81. The molecule has 0 spiro atoms. The number of carbonyl (C=O) groups excluding carboxylic acids is 2. The van der Waals surface area contributed by atoms with E-state index < -0.39 is 10.9 Å². The molecule has 1 amide bonds. The summed E-state index contributed by atoms with van der Waals surface area (Å²) >= 11 is 0. The van der Waals surface area contributed by atoms with Crippen molar-refractivity contribution < 1.29 is 19.2 Å². The molecule has 174 valence electrons. The summed E-state index contributed by atoms with van der Waals surface area (Å²) in [6.07, 6.45) is 4.20. The normalized spacial score (nSPS) is 14.1. The molecule has 1 aliphatic rings. The summed E-state index contributed by atoms with van der Waals surface area (Å²) < 4.78 is 5.39. The molecule has 0 unspecified atom stereocenters. The van der Waals surface area contributed by atoms with E-state index in [2.05, 4.69) is 5.32 Å². The first kappa shape index (κ1) is 23.1. The number of non-ortho nitro benzene ring substituents is 1. The quantitative estimate of drug-likeness (QED) is 0.325. The molecular weight excluding hydrogens is 434 g/mol. The van der Waals surface area contributed by atoms with Gasteiger partial charge in [0.05, 0.1) is 21.7 Å². The number of ether oxygens (including phenoxy) is 1.